The van der Waals surface area contributed by atoms with Gasteiger partial charge in [-0.05, 0) is 44.7 Å². The summed E-state index contributed by atoms with van der Waals surface area (Å²) in [4.78, 5) is 24.8. The van der Waals surface area contributed by atoms with Crippen molar-refractivity contribution in [3.05, 3.63) is 71.8 Å². The van der Waals surface area contributed by atoms with Crippen molar-refractivity contribution in [3.8, 4) is 0 Å². The number of carbonyl (C=O) groups is 2. The summed E-state index contributed by atoms with van der Waals surface area (Å²) < 4.78 is 16.4. The predicted molar refractivity (Wildman–Crippen MR) is 115 cm³/mol. The first kappa shape index (κ1) is 23.4. The van der Waals surface area contributed by atoms with Crippen molar-refractivity contribution in [1.82, 2.24) is 5.32 Å². The standard InChI is InChI=1S/C24H31NO5/c1-24(2,3)30-23(27)25-17-20(16-15-18-11-7-5-8-12-18)29-22(26)21(28-4)19-13-9-6-10-14-19/h5-14,20-21H,15-17H2,1-4H3,(H,25,27)/t20-,21+/m1/s1. The molecule has 0 aliphatic rings. The molecule has 0 aliphatic heterocycles. The van der Waals surface area contributed by atoms with Crippen LogP contribution in [0.1, 0.15) is 44.4 Å². The van der Waals surface area contributed by atoms with Crippen LogP contribution in [0, 0.1) is 0 Å². The van der Waals surface area contributed by atoms with Gasteiger partial charge in [0, 0.05) is 7.11 Å². The maximum absolute atomic E-state index is 12.8. The van der Waals surface area contributed by atoms with Crippen LogP contribution in [0.3, 0.4) is 0 Å². The quantitative estimate of drug-likeness (QED) is 0.615. The predicted octanol–water partition coefficient (Wildman–Crippen LogP) is 4.44. The summed E-state index contributed by atoms with van der Waals surface area (Å²) in [6.45, 7) is 5.53. The zero-order valence-corrected chi connectivity index (χ0v) is 18.1. The molecule has 0 bridgehead atoms. The van der Waals surface area contributed by atoms with Gasteiger partial charge >= 0.3 is 12.1 Å². The Bertz CT molecular complexity index is 786. The minimum Gasteiger partial charge on any atom is -0.458 e. The fraction of sp³-hybridized carbons (Fsp3) is 0.417. The van der Waals surface area contributed by atoms with E-state index < -0.39 is 29.9 Å². The number of nitrogens with one attached hydrogen (secondary N) is 1. The molecular formula is C24H31NO5. The van der Waals surface area contributed by atoms with E-state index in [1.807, 2.05) is 60.7 Å². The number of benzene rings is 2. The molecule has 2 aromatic carbocycles. The molecule has 0 saturated heterocycles. The highest BCUT2D eigenvalue weighted by Gasteiger charge is 2.26. The van der Waals surface area contributed by atoms with Crippen LogP contribution in [0.2, 0.25) is 0 Å². The van der Waals surface area contributed by atoms with Gasteiger partial charge in [-0.15, -0.1) is 0 Å². The maximum Gasteiger partial charge on any atom is 0.407 e. The largest absolute Gasteiger partial charge is 0.458 e. The Hall–Kier alpha value is -2.86. The molecule has 162 valence electrons. The van der Waals surface area contributed by atoms with Gasteiger partial charge in [0.05, 0.1) is 6.54 Å². The van der Waals surface area contributed by atoms with Crippen molar-refractivity contribution in [2.75, 3.05) is 13.7 Å². The van der Waals surface area contributed by atoms with E-state index in [9.17, 15) is 9.59 Å². The van der Waals surface area contributed by atoms with Gasteiger partial charge in [-0.2, -0.15) is 0 Å². The minimum atomic E-state index is -0.827. The zero-order valence-electron chi connectivity index (χ0n) is 18.1. The monoisotopic (exact) mass is 413 g/mol. The second kappa shape index (κ2) is 11.4. The Morgan fingerprint density at radius 2 is 1.57 bits per heavy atom. The maximum atomic E-state index is 12.8. The fourth-order valence-corrected chi connectivity index (χ4v) is 2.91. The van der Waals surface area contributed by atoms with E-state index in [0.29, 0.717) is 18.4 Å². The lowest BCUT2D eigenvalue weighted by Crippen LogP contribution is -2.39. The summed E-state index contributed by atoms with van der Waals surface area (Å²) in [5.41, 5.74) is 1.24. The SMILES string of the molecule is CO[C@H](C(=O)O[C@H](CCc1ccccc1)CNC(=O)OC(C)(C)C)c1ccccc1. The lowest BCUT2D eigenvalue weighted by atomic mass is 10.1. The number of methoxy groups -OCH3 is 1. The molecule has 0 heterocycles. The molecule has 0 saturated carbocycles. The van der Waals surface area contributed by atoms with Crippen molar-refractivity contribution < 1.29 is 23.8 Å². The minimum absolute atomic E-state index is 0.151. The topological polar surface area (TPSA) is 73.9 Å². The van der Waals surface area contributed by atoms with Gasteiger partial charge in [-0.3, -0.25) is 0 Å². The third-order valence-corrected chi connectivity index (χ3v) is 4.31. The van der Waals surface area contributed by atoms with Gasteiger partial charge in [-0.1, -0.05) is 60.7 Å². The molecule has 6 heteroatoms. The first-order valence-electron chi connectivity index (χ1n) is 10.1. The Morgan fingerprint density at radius 1 is 0.967 bits per heavy atom. The van der Waals surface area contributed by atoms with Gasteiger partial charge in [0.25, 0.3) is 0 Å². The van der Waals surface area contributed by atoms with Crippen LogP contribution in [0.25, 0.3) is 0 Å². The lowest BCUT2D eigenvalue weighted by molar-refractivity contribution is -0.161. The molecule has 2 rings (SSSR count). The molecule has 1 amide bonds. The number of esters is 1. The Kier molecular flexibility index (Phi) is 8.87. The second-order valence-electron chi connectivity index (χ2n) is 7.99. The van der Waals surface area contributed by atoms with Crippen LogP contribution < -0.4 is 5.32 Å². The number of alkyl carbamates (subject to hydrolysis) is 1. The van der Waals surface area contributed by atoms with Crippen molar-refractivity contribution in [3.63, 3.8) is 0 Å². The van der Waals surface area contributed by atoms with E-state index in [-0.39, 0.29) is 6.54 Å². The summed E-state index contributed by atoms with van der Waals surface area (Å²) in [6.07, 6.45) is -0.637. The second-order valence-corrected chi connectivity index (χ2v) is 7.99. The normalized spacial score (nSPS) is 13.2. The van der Waals surface area contributed by atoms with Gasteiger partial charge in [0.2, 0.25) is 0 Å². The zero-order chi connectivity index (χ0) is 22.0. The highest BCUT2D eigenvalue weighted by molar-refractivity contribution is 5.76. The van der Waals surface area contributed by atoms with Crippen molar-refractivity contribution in [1.29, 1.82) is 0 Å². The summed E-state index contributed by atoms with van der Waals surface area (Å²) in [5, 5.41) is 2.70. The molecule has 0 radical (unpaired) electrons. The summed E-state index contributed by atoms with van der Waals surface area (Å²) in [7, 11) is 1.47. The number of hydrogen-bond acceptors (Lipinski definition) is 5. The first-order valence-corrected chi connectivity index (χ1v) is 10.1. The van der Waals surface area contributed by atoms with Gasteiger partial charge in [0.1, 0.15) is 11.7 Å². The molecule has 0 aliphatic carbocycles. The van der Waals surface area contributed by atoms with E-state index in [1.54, 1.807) is 20.8 Å². The summed E-state index contributed by atoms with van der Waals surface area (Å²) >= 11 is 0. The fourth-order valence-electron chi connectivity index (χ4n) is 2.91. The summed E-state index contributed by atoms with van der Waals surface area (Å²) in [6, 6.07) is 19.1. The number of rotatable bonds is 9. The number of aryl methyl sites for hydroxylation is 1. The first-order chi connectivity index (χ1) is 14.3. The number of ether oxygens (including phenoxy) is 3. The molecule has 6 nitrogen and oxygen atoms in total. The van der Waals surface area contributed by atoms with Crippen LogP contribution in [-0.2, 0) is 25.4 Å². The van der Waals surface area contributed by atoms with Gasteiger partial charge in [0.15, 0.2) is 6.10 Å². The smallest absolute Gasteiger partial charge is 0.407 e. The molecule has 2 atom stereocenters. The third-order valence-electron chi connectivity index (χ3n) is 4.31. The van der Waals surface area contributed by atoms with Crippen molar-refractivity contribution in [2.45, 2.75) is 51.4 Å². The highest BCUT2D eigenvalue weighted by Crippen LogP contribution is 2.20. The van der Waals surface area contributed by atoms with Gasteiger partial charge < -0.3 is 19.5 Å². The number of hydrogen-bond donors (Lipinski definition) is 1. The average Bonchev–Trinajstić information content (AvgIpc) is 2.71. The lowest BCUT2D eigenvalue weighted by Gasteiger charge is -2.24. The van der Waals surface area contributed by atoms with E-state index in [4.69, 9.17) is 14.2 Å². The molecule has 30 heavy (non-hydrogen) atoms. The van der Waals surface area contributed by atoms with Crippen LogP contribution in [0.4, 0.5) is 4.79 Å². The summed E-state index contributed by atoms with van der Waals surface area (Å²) in [5.74, 6) is -0.493. The van der Waals surface area contributed by atoms with Crippen LogP contribution in [-0.4, -0.2) is 37.4 Å². The Balaban J connectivity index is 2.03. The van der Waals surface area contributed by atoms with Crippen LogP contribution >= 0.6 is 0 Å². The molecule has 0 unspecified atom stereocenters. The van der Waals surface area contributed by atoms with Crippen molar-refractivity contribution in [2.24, 2.45) is 0 Å². The van der Waals surface area contributed by atoms with E-state index in [0.717, 1.165) is 5.56 Å². The van der Waals surface area contributed by atoms with Crippen LogP contribution in [0.5, 0.6) is 0 Å². The van der Waals surface area contributed by atoms with Gasteiger partial charge in [-0.25, -0.2) is 9.59 Å². The number of carbonyl (C=O) groups excluding carboxylic acids is 2. The third kappa shape index (κ3) is 8.25. The molecule has 0 aromatic heterocycles. The van der Waals surface area contributed by atoms with Crippen LogP contribution in [0.15, 0.2) is 60.7 Å². The van der Waals surface area contributed by atoms with Crippen molar-refractivity contribution >= 4 is 12.1 Å². The van der Waals surface area contributed by atoms with E-state index in [2.05, 4.69) is 5.32 Å². The average molecular weight is 414 g/mol. The highest BCUT2D eigenvalue weighted by atomic mass is 16.6. The Morgan fingerprint density at radius 3 is 2.13 bits per heavy atom. The molecule has 0 spiro atoms. The van der Waals surface area contributed by atoms with E-state index in [1.165, 1.54) is 7.11 Å². The van der Waals surface area contributed by atoms with E-state index >= 15 is 0 Å². The molecule has 2 aromatic rings. The molecule has 0 fully saturated rings. The molecule has 1 N–H and O–H groups in total. The Labute approximate surface area is 178 Å². The molecular weight excluding hydrogens is 382 g/mol. The number of amides is 1.